The topological polar surface area (TPSA) is 37.3 Å². The van der Waals surface area contributed by atoms with Crippen molar-refractivity contribution in [3.63, 3.8) is 0 Å². The van der Waals surface area contributed by atoms with E-state index in [2.05, 4.69) is 20.4 Å². The van der Waals surface area contributed by atoms with Crippen LogP contribution in [0.25, 0.3) is 0 Å². The summed E-state index contributed by atoms with van der Waals surface area (Å²) in [5, 5.41) is 10.8. The van der Waals surface area contributed by atoms with E-state index in [1.807, 2.05) is 20.8 Å². The van der Waals surface area contributed by atoms with Crippen molar-refractivity contribution in [2.75, 3.05) is 0 Å². The second kappa shape index (κ2) is 5.22. The van der Waals surface area contributed by atoms with E-state index in [4.69, 9.17) is 0 Å². The van der Waals surface area contributed by atoms with Gasteiger partial charge in [-0.3, -0.25) is 4.79 Å². The summed E-state index contributed by atoms with van der Waals surface area (Å²) in [6.45, 7) is 14.2. The van der Waals surface area contributed by atoms with Gasteiger partial charge >= 0.3 is 0 Å². The van der Waals surface area contributed by atoms with Crippen LogP contribution >= 0.6 is 0 Å². The van der Waals surface area contributed by atoms with Crippen LogP contribution in [-0.4, -0.2) is 16.5 Å². The highest BCUT2D eigenvalue weighted by molar-refractivity contribution is 5.94. The van der Waals surface area contributed by atoms with Gasteiger partial charge in [0.25, 0.3) is 0 Å². The molecule has 0 aliphatic heterocycles. The van der Waals surface area contributed by atoms with Crippen LogP contribution in [0.15, 0.2) is 12.2 Å². The Morgan fingerprint density at radius 3 is 2.29 bits per heavy atom. The van der Waals surface area contributed by atoms with Crippen LogP contribution < -0.4 is 0 Å². The van der Waals surface area contributed by atoms with Gasteiger partial charge in [-0.1, -0.05) is 34.3 Å². The van der Waals surface area contributed by atoms with E-state index >= 15 is 0 Å². The lowest BCUT2D eigenvalue weighted by Crippen LogP contribution is -2.62. The number of Topliss-reactive ketones (excluding diaryl/α,β-unsaturated/α-hetero) is 1. The molecule has 1 N–H and O–H groups in total. The van der Waals surface area contributed by atoms with E-state index in [9.17, 15) is 9.90 Å². The molecule has 0 aromatic heterocycles. The molecule has 4 aliphatic rings. The summed E-state index contributed by atoms with van der Waals surface area (Å²) in [7, 11) is 0. The van der Waals surface area contributed by atoms with Crippen LogP contribution in [0.1, 0.15) is 73.1 Å². The molecule has 5 atom stereocenters. The molecule has 21 heavy (non-hydrogen) atoms. The van der Waals surface area contributed by atoms with Crippen molar-refractivity contribution in [3.05, 3.63) is 12.2 Å². The van der Waals surface area contributed by atoms with Gasteiger partial charge in [-0.2, -0.15) is 0 Å². The Morgan fingerprint density at radius 2 is 1.81 bits per heavy atom. The maximum Gasteiger partial charge on any atom is 0.158 e. The number of rotatable bonds is 3. The summed E-state index contributed by atoms with van der Waals surface area (Å²) in [6.07, 6.45) is 5.77. The third-order valence-electron chi connectivity index (χ3n) is 6.06. The first-order valence-corrected chi connectivity index (χ1v) is 8.56. The number of carbonyl (C=O) groups excluding carboxylic acids is 1. The molecule has 0 radical (unpaired) electrons. The van der Waals surface area contributed by atoms with Crippen LogP contribution in [0.2, 0.25) is 0 Å². The van der Waals surface area contributed by atoms with Gasteiger partial charge < -0.3 is 5.11 Å². The molecule has 0 saturated heterocycles. The lowest BCUT2D eigenvalue weighted by atomic mass is 9.39. The van der Waals surface area contributed by atoms with Crippen molar-refractivity contribution < 1.29 is 9.90 Å². The van der Waals surface area contributed by atoms with E-state index in [0.717, 1.165) is 19.3 Å². The zero-order chi connectivity index (χ0) is 16.1. The van der Waals surface area contributed by atoms with Crippen molar-refractivity contribution in [2.24, 2.45) is 22.7 Å². The summed E-state index contributed by atoms with van der Waals surface area (Å²) in [6, 6.07) is 0. The van der Waals surface area contributed by atoms with Gasteiger partial charge in [0.15, 0.2) is 5.78 Å². The molecule has 5 unspecified atom stereocenters. The van der Waals surface area contributed by atoms with Gasteiger partial charge in [-0.15, -0.1) is 0 Å². The van der Waals surface area contributed by atoms with E-state index in [1.165, 1.54) is 12.8 Å². The predicted molar refractivity (Wildman–Crippen MR) is 87.0 cm³/mol. The van der Waals surface area contributed by atoms with E-state index < -0.39 is 5.60 Å². The number of carbonyl (C=O) groups is 1. The second-order valence-electron chi connectivity index (χ2n) is 8.40. The number of hydrogen-bond donors (Lipinski definition) is 1. The molecular formula is C19H32O2. The highest BCUT2D eigenvalue weighted by Crippen LogP contribution is 2.69. The highest BCUT2D eigenvalue weighted by Gasteiger charge is 2.63. The van der Waals surface area contributed by atoms with Crippen LogP contribution in [0.3, 0.4) is 0 Å². The molecule has 4 saturated carbocycles. The van der Waals surface area contributed by atoms with Gasteiger partial charge in [0, 0.05) is 6.42 Å². The van der Waals surface area contributed by atoms with Gasteiger partial charge in [0.2, 0.25) is 0 Å². The average Bonchev–Trinajstić information content (AvgIpc) is 2.32. The van der Waals surface area contributed by atoms with E-state index in [1.54, 1.807) is 0 Å². The zero-order valence-corrected chi connectivity index (χ0v) is 14.5. The SMILES string of the molecule is C=C(C)C(=O)CC1C2CC3(C)CC(O)(C2)CC1(C)C3.CC. The molecule has 0 spiro atoms. The maximum atomic E-state index is 12.1. The smallest absolute Gasteiger partial charge is 0.158 e. The quantitative estimate of drug-likeness (QED) is 0.777. The van der Waals surface area contributed by atoms with Crippen LogP contribution in [0.4, 0.5) is 0 Å². The average molecular weight is 292 g/mol. The molecule has 0 heterocycles. The lowest BCUT2D eigenvalue weighted by molar-refractivity contribution is -0.219. The highest BCUT2D eigenvalue weighted by atomic mass is 16.3. The van der Waals surface area contributed by atoms with Crippen molar-refractivity contribution in [1.29, 1.82) is 0 Å². The molecule has 0 amide bonds. The molecule has 0 aromatic carbocycles. The first-order valence-electron chi connectivity index (χ1n) is 8.56. The van der Waals surface area contributed by atoms with Crippen molar-refractivity contribution >= 4 is 5.78 Å². The molecule has 120 valence electrons. The summed E-state index contributed by atoms with van der Waals surface area (Å²) >= 11 is 0. The second-order valence-corrected chi connectivity index (χ2v) is 8.40. The molecular weight excluding hydrogens is 260 g/mol. The first kappa shape index (κ1) is 16.7. The van der Waals surface area contributed by atoms with Gasteiger partial charge in [-0.05, 0) is 67.3 Å². The number of hydrogen-bond acceptors (Lipinski definition) is 2. The normalized spacial score (nSPS) is 46.8. The molecule has 4 rings (SSSR count). The minimum atomic E-state index is -0.451. The Bertz CT molecular complexity index is 432. The van der Waals surface area contributed by atoms with Crippen LogP contribution in [0, 0.1) is 22.7 Å². The monoisotopic (exact) mass is 292 g/mol. The van der Waals surface area contributed by atoms with Crippen molar-refractivity contribution in [2.45, 2.75) is 78.7 Å². The minimum absolute atomic E-state index is 0.147. The molecule has 4 bridgehead atoms. The minimum Gasteiger partial charge on any atom is -0.390 e. The van der Waals surface area contributed by atoms with Crippen molar-refractivity contribution in [3.8, 4) is 0 Å². The maximum absolute atomic E-state index is 12.1. The number of aliphatic hydroxyl groups is 1. The third kappa shape index (κ3) is 2.84. The Morgan fingerprint density at radius 1 is 1.19 bits per heavy atom. The summed E-state index contributed by atoms with van der Waals surface area (Å²) < 4.78 is 0. The zero-order valence-electron chi connectivity index (χ0n) is 14.5. The Kier molecular flexibility index (Phi) is 4.16. The van der Waals surface area contributed by atoms with Crippen LogP contribution in [-0.2, 0) is 4.79 Å². The summed E-state index contributed by atoms with van der Waals surface area (Å²) in [4.78, 5) is 12.1. The fourth-order valence-electron chi connectivity index (χ4n) is 6.09. The Labute approximate surface area is 130 Å². The lowest BCUT2D eigenvalue weighted by Gasteiger charge is -2.67. The Balaban J connectivity index is 0.000000774. The number of ketones is 1. The fraction of sp³-hybridized carbons (Fsp3) is 0.842. The summed E-state index contributed by atoms with van der Waals surface area (Å²) in [5.74, 6) is 1.20. The van der Waals surface area contributed by atoms with E-state index in [-0.39, 0.29) is 11.2 Å². The first-order chi connectivity index (χ1) is 9.65. The Hall–Kier alpha value is -0.630. The van der Waals surface area contributed by atoms with Gasteiger partial charge in [0.1, 0.15) is 0 Å². The molecule has 4 aliphatic carbocycles. The molecule has 0 aromatic rings. The molecule has 2 nitrogen and oxygen atoms in total. The van der Waals surface area contributed by atoms with E-state index in [0.29, 0.717) is 29.2 Å². The molecule has 2 heteroatoms. The largest absolute Gasteiger partial charge is 0.390 e. The van der Waals surface area contributed by atoms with Crippen LogP contribution in [0.5, 0.6) is 0 Å². The van der Waals surface area contributed by atoms with Gasteiger partial charge in [-0.25, -0.2) is 0 Å². The third-order valence-corrected chi connectivity index (χ3v) is 6.06. The standard InChI is InChI=1S/C17H26O2.C2H6/c1-11(2)14(18)5-13-12-6-15(3)8-16(13,4)10-17(19,7-12)9-15;1-2/h12-13,19H,1,5-10H2,2-4H3;1-2H3. The van der Waals surface area contributed by atoms with Crippen molar-refractivity contribution in [1.82, 2.24) is 0 Å². The predicted octanol–water partition coefficient (Wildman–Crippen LogP) is 4.52. The molecule has 4 fully saturated rings. The number of allylic oxidation sites excluding steroid dienone is 1. The fourth-order valence-corrected chi connectivity index (χ4v) is 6.09. The summed E-state index contributed by atoms with van der Waals surface area (Å²) in [5.41, 5.74) is 0.678. The van der Waals surface area contributed by atoms with Gasteiger partial charge in [0.05, 0.1) is 5.60 Å².